The molecule has 1 fully saturated rings. The van der Waals surface area contributed by atoms with Gasteiger partial charge in [-0.2, -0.15) is 0 Å². The van der Waals surface area contributed by atoms with Gasteiger partial charge in [-0.25, -0.2) is 4.39 Å². The fourth-order valence-corrected chi connectivity index (χ4v) is 2.24. The van der Waals surface area contributed by atoms with E-state index in [2.05, 4.69) is 5.32 Å². The molecule has 1 amide bonds. The Bertz CT molecular complexity index is 514. The molecule has 1 aromatic rings. The number of aromatic hydroxyl groups is 1. The minimum Gasteiger partial charge on any atom is -0.507 e. The molecule has 1 saturated heterocycles. The molecule has 1 heterocycles. The summed E-state index contributed by atoms with van der Waals surface area (Å²) >= 11 is 5.88. The summed E-state index contributed by atoms with van der Waals surface area (Å²) in [6.07, 6.45) is 1.40. The first-order chi connectivity index (χ1) is 7.56. The molecule has 0 unspecified atom stereocenters. The largest absolute Gasteiger partial charge is 0.507 e. The normalized spacial score (nSPS) is 17.9. The number of nitrogens with one attached hydrogen (secondary N) is 1. The van der Waals surface area contributed by atoms with E-state index in [1.54, 1.807) is 0 Å². The average Bonchev–Trinajstić information content (AvgIpc) is 2.51. The number of thiocarbonyl (C=S) groups is 1. The third-order valence-electron chi connectivity index (χ3n) is 1.92. The van der Waals surface area contributed by atoms with E-state index in [1.165, 1.54) is 12.1 Å². The van der Waals surface area contributed by atoms with Crippen LogP contribution in [0, 0.1) is 5.82 Å². The minimum atomic E-state index is -0.476. The van der Waals surface area contributed by atoms with E-state index in [9.17, 15) is 14.3 Å². The van der Waals surface area contributed by atoms with Crippen molar-refractivity contribution in [1.29, 1.82) is 0 Å². The fraction of sp³-hybridized carbons (Fsp3) is 0. The highest BCUT2D eigenvalue weighted by Crippen LogP contribution is 2.28. The van der Waals surface area contributed by atoms with Gasteiger partial charge in [-0.15, -0.1) is 0 Å². The molecule has 0 aromatic heterocycles. The summed E-state index contributed by atoms with van der Waals surface area (Å²) in [6.45, 7) is 0. The number of hydrogen-bond acceptors (Lipinski definition) is 4. The molecule has 1 aliphatic heterocycles. The van der Waals surface area contributed by atoms with Crippen molar-refractivity contribution in [2.75, 3.05) is 0 Å². The second-order valence-corrected chi connectivity index (χ2v) is 4.77. The number of thioether (sulfide) groups is 1. The quantitative estimate of drug-likeness (QED) is 0.595. The monoisotopic (exact) mass is 255 g/mol. The zero-order valence-corrected chi connectivity index (χ0v) is 9.49. The van der Waals surface area contributed by atoms with Crippen LogP contribution in [-0.4, -0.2) is 15.3 Å². The van der Waals surface area contributed by atoms with Crippen molar-refractivity contribution in [2.24, 2.45) is 0 Å². The number of rotatable bonds is 1. The first-order valence-corrected chi connectivity index (χ1v) is 5.52. The molecule has 0 aliphatic carbocycles. The molecular weight excluding hydrogens is 249 g/mol. The summed E-state index contributed by atoms with van der Waals surface area (Å²) in [5, 5.41) is 11.9. The highest BCUT2D eigenvalue weighted by Gasteiger charge is 2.22. The van der Waals surface area contributed by atoms with Gasteiger partial charge in [0.2, 0.25) is 0 Å². The van der Waals surface area contributed by atoms with Crippen molar-refractivity contribution in [2.45, 2.75) is 0 Å². The molecule has 0 spiro atoms. The third kappa shape index (κ3) is 2.23. The van der Waals surface area contributed by atoms with E-state index >= 15 is 0 Å². The van der Waals surface area contributed by atoms with Gasteiger partial charge in [0.1, 0.15) is 15.9 Å². The fourth-order valence-electron chi connectivity index (χ4n) is 1.20. The Morgan fingerprint density at radius 2 is 2.25 bits per heavy atom. The van der Waals surface area contributed by atoms with Gasteiger partial charge >= 0.3 is 0 Å². The predicted octanol–water partition coefficient (Wildman–Crippen LogP) is 2.02. The minimum absolute atomic E-state index is 0.0832. The van der Waals surface area contributed by atoms with E-state index in [0.29, 0.717) is 9.23 Å². The molecule has 1 aliphatic rings. The van der Waals surface area contributed by atoms with E-state index < -0.39 is 5.82 Å². The SMILES string of the molecule is O=C1NC(=S)S/C1=C/c1cc(F)ccc1O. The number of benzene rings is 1. The van der Waals surface area contributed by atoms with Gasteiger partial charge in [-0.05, 0) is 24.3 Å². The molecule has 2 rings (SSSR count). The summed E-state index contributed by atoms with van der Waals surface area (Å²) in [6, 6.07) is 3.53. The van der Waals surface area contributed by atoms with Gasteiger partial charge in [0, 0.05) is 5.56 Å². The van der Waals surface area contributed by atoms with Crippen molar-refractivity contribution in [3.05, 3.63) is 34.5 Å². The van der Waals surface area contributed by atoms with Gasteiger partial charge < -0.3 is 10.4 Å². The highest BCUT2D eigenvalue weighted by molar-refractivity contribution is 8.26. The second kappa shape index (κ2) is 4.23. The van der Waals surface area contributed by atoms with Crippen LogP contribution in [0.1, 0.15) is 5.56 Å². The van der Waals surface area contributed by atoms with Crippen molar-refractivity contribution >= 4 is 40.3 Å². The van der Waals surface area contributed by atoms with Crippen molar-refractivity contribution in [3.63, 3.8) is 0 Å². The van der Waals surface area contributed by atoms with Gasteiger partial charge in [0.05, 0.1) is 4.91 Å². The number of hydrogen-bond donors (Lipinski definition) is 2. The Kier molecular flexibility index (Phi) is 2.93. The standard InChI is InChI=1S/C10H6FNO2S2/c11-6-1-2-7(13)5(3-6)4-8-9(14)12-10(15)16-8/h1-4,13H,(H,12,14,15)/b8-4+. The summed E-state index contributed by atoms with van der Waals surface area (Å²) in [4.78, 5) is 11.7. The molecule has 16 heavy (non-hydrogen) atoms. The summed E-state index contributed by atoms with van der Waals surface area (Å²) in [7, 11) is 0. The molecule has 0 saturated carbocycles. The van der Waals surface area contributed by atoms with Crippen LogP contribution in [0.3, 0.4) is 0 Å². The van der Waals surface area contributed by atoms with Gasteiger partial charge in [0.15, 0.2) is 0 Å². The Morgan fingerprint density at radius 3 is 2.88 bits per heavy atom. The molecule has 3 nitrogen and oxygen atoms in total. The Balaban J connectivity index is 2.39. The molecule has 0 bridgehead atoms. The van der Waals surface area contributed by atoms with Crippen molar-refractivity contribution < 1.29 is 14.3 Å². The van der Waals surface area contributed by atoms with Crippen molar-refractivity contribution in [1.82, 2.24) is 5.32 Å². The van der Waals surface area contributed by atoms with E-state index in [0.717, 1.165) is 23.9 Å². The lowest BCUT2D eigenvalue weighted by molar-refractivity contribution is -0.115. The third-order valence-corrected chi connectivity index (χ3v) is 3.08. The number of phenolic OH excluding ortho intramolecular Hbond substituents is 1. The Hall–Kier alpha value is -1.40. The number of halogens is 1. The summed E-state index contributed by atoms with van der Waals surface area (Å²) in [5.74, 6) is -0.894. The van der Waals surface area contributed by atoms with Crippen LogP contribution in [0.2, 0.25) is 0 Å². The first-order valence-electron chi connectivity index (χ1n) is 4.29. The molecule has 82 valence electrons. The average molecular weight is 255 g/mol. The summed E-state index contributed by atoms with van der Waals surface area (Å²) < 4.78 is 13.3. The highest BCUT2D eigenvalue weighted by atomic mass is 32.2. The lowest BCUT2D eigenvalue weighted by atomic mass is 10.2. The number of amides is 1. The number of carbonyl (C=O) groups is 1. The lowest BCUT2D eigenvalue weighted by Gasteiger charge is -1.99. The molecule has 0 atom stereocenters. The maximum atomic E-state index is 12.9. The van der Waals surface area contributed by atoms with Crippen LogP contribution in [0.25, 0.3) is 6.08 Å². The maximum absolute atomic E-state index is 12.9. The van der Waals surface area contributed by atoms with E-state index in [4.69, 9.17) is 12.2 Å². The molecular formula is C10H6FNO2S2. The lowest BCUT2D eigenvalue weighted by Crippen LogP contribution is -2.17. The van der Waals surface area contributed by atoms with Gasteiger partial charge in [0.25, 0.3) is 5.91 Å². The first kappa shape index (κ1) is 11.1. The smallest absolute Gasteiger partial charge is 0.263 e. The van der Waals surface area contributed by atoms with Gasteiger partial charge in [-0.1, -0.05) is 24.0 Å². The van der Waals surface area contributed by atoms with Crippen LogP contribution >= 0.6 is 24.0 Å². The molecule has 1 aromatic carbocycles. The molecule has 0 radical (unpaired) electrons. The van der Waals surface area contributed by atoms with Crippen LogP contribution in [0.4, 0.5) is 4.39 Å². The van der Waals surface area contributed by atoms with Crippen LogP contribution in [0.15, 0.2) is 23.1 Å². The Morgan fingerprint density at radius 1 is 1.50 bits per heavy atom. The van der Waals surface area contributed by atoms with E-state index in [-0.39, 0.29) is 17.2 Å². The van der Waals surface area contributed by atoms with Crippen LogP contribution in [0.5, 0.6) is 5.75 Å². The molecule has 6 heteroatoms. The zero-order chi connectivity index (χ0) is 11.7. The Labute approximate surface area is 100 Å². The number of carbonyl (C=O) groups excluding carboxylic acids is 1. The second-order valence-electron chi connectivity index (χ2n) is 3.06. The van der Waals surface area contributed by atoms with Crippen LogP contribution in [-0.2, 0) is 4.79 Å². The maximum Gasteiger partial charge on any atom is 0.263 e. The van der Waals surface area contributed by atoms with Gasteiger partial charge in [-0.3, -0.25) is 4.79 Å². The zero-order valence-electron chi connectivity index (χ0n) is 7.86. The van der Waals surface area contributed by atoms with Crippen molar-refractivity contribution in [3.8, 4) is 5.75 Å². The van der Waals surface area contributed by atoms with E-state index in [1.807, 2.05) is 0 Å². The summed E-state index contributed by atoms with van der Waals surface area (Å²) in [5.41, 5.74) is 0.252. The predicted molar refractivity (Wildman–Crippen MR) is 64.4 cm³/mol. The molecule has 2 N–H and O–H groups in total. The number of phenols is 1. The van der Waals surface area contributed by atoms with Crippen LogP contribution < -0.4 is 5.32 Å². The topological polar surface area (TPSA) is 49.3 Å².